The monoisotopic (exact) mass is 351 g/mol. The molecule has 0 spiro atoms. The number of carbonyl (C=O) groups is 1. The van der Waals surface area contributed by atoms with Crippen LogP contribution in [0.3, 0.4) is 0 Å². The lowest BCUT2D eigenvalue weighted by Gasteiger charge is -2.30. The van der Waals surface area contributed by atoms with E-state index in [1.54, 1.807) is 0 Å². The Kier molecular flexibility index (Phi) is 6.12. The van der Waals surface area contributed by atoms with Gasteiger partial charge in [0.1, 0.15) is 0 Å². The summed E-state index contributed by atoms with van der Waals surface area (Å²) in [5.74, 6) is -0.379. The number of benzene rings is 1. The molecule has 0 aromatic heterocycles. The van der Waals surface area contributed by atoms with Crippen molar-refractivity contribution in [2.75, 3.05) is 7.11 Å². The van der Waals surface area contributed by atoms with Gasteiger partial charge in [0.2, 0.25) is 5.91 Å². The zero-order valence-corrected chi connectivity index (χ0v) is 14.0. The lowest BCUT2D eigenvalue weighted by molar-refractivity contribution is -0.385. The van der Waals surface area contributed by atoms with Gasteiger partial charge in [0.15, 0.2) is 17.8 Å². The molecule has 1 aromatic carbocycles. The Morgan fingerprint density at radius 1 is 1.56 bits per heavy atom. The number of nitrogens with one attached hydrogen (secondary N) is 3. The summed E-state index contributed by atoms with van der Waals surface area (Å²) in [5.41, 5.74) is 2.59. The van der Waals surface area contributed by atoms with E-state index in [-0.39, 0.29) is 34.7 Å². The molecule has 1 saturated heterocycles. The number of hydrogen-bond donors (Lipinski definition) is 4. The molecule has 1 aromatic rings. The number of carbonyl (C=O) groups excluding carboxylic acids is 1. The van der Waals surface area contributed by atoms with E-state index < -0.39 is 11.2 Å². The van der Waals surface area contributed by atoms with Gasteiger partial charge in [0.05, 0.1) is 24.3 Å². The lowest BCUT2D eigenvalue weighted by Crippen LogP contribution is -2.61. The largest absolute Gasteiger partial charge is 0.504 e. The van der Waals surface area contributed by atoms with Crippen LogP contribution in [0.25, 0.3) is 0 Å². The number of hydrogen-bond acceptors (Lipinski definition) is 8. The zero-order chi connectivity index (χ0) is 18.4. The van der Waals surface area contributed by atoms with Crippen LogP contribution < -0.4 is 20.8 Å². The van der Waals surface area contributed by atoms with E-state index in [9.17, 15) is 20.0 Å². The highest BCUT2D eigenvalue weighted by Crippen LogP contribution is 2.33. The summed E-state index contributed by atoms with van der Waals surface area (Å²) < 4.78 is 4.92. The number of nitrogens with zero attached hydrogens (tertiary/aromatic N) is 2. The fraction of sp³-hybridized carbons (Fsp3) is 0.467. The highest BCUT2D eigenvalue weighted by atomic mass is 16.6. The van der Waals surface area contributed by atoms with Gasteiger partial charge in [0, 0.05) is 24.1 Å². The molecule has 0 saturated carbocycles. The topological polar surface area (TPSA) is 138 Å². The van der Waals surface area contributed by atoms with Crippen molar-refractivity contribution in [3.63, 3.8) is 0 Å². The lowest BCUT2D eigenvalue weighted by atomic mass is 10.1. The summed E-state index contributed by atoms with van der Waals surface area (Å²) in [7, 11) is 1.30. The molecule has 10 heteroatoms. The van der Waals surface area contributed by atoms with Gasteiger partial charge in [-0.3, -0.25) is 25.7 Å². The number of rotatable bonds is 7. The van der Waals surface area contributed by atoms with Crippen LogP contribution in [0, 0.1) is 10.1 Å². The molecule has 4 N–H and O–H groups in total. The molecule has 136 valence electrons. The van der Waals surface area contributed by atoms with Crippen LogP contribution in [0.1, 0.15) is 31.7 Å². The average Bonchev–Trinajstić information content (AvgIpc) is 2.56. The Morgan fingerprint density at radius 3 is 2.96 bits per heavy atom. The van der Waals surface area contributed by atoms with Crippen LogP contribution in [-0.2, 0) is 4.79 Å². The molecule has 1 fully saturated rings. The standard InChI is InChI=1S/C15H21N5O5/c1-3-4-10-6-13(21)18-15(17-10)19-16-8-9-5-11(20(23)24)7-12(25-2)14(9)22/h5,7-8,10,15,17,19,22H,3-4,6H2,1-2H3,(H,18,21)/b16-8+. The van der Waals surface area contributed by atoms with E-state index in [2.05, 4.69) is 21.2 Å². The Labute approximate surface area is 144 Å². The van der Waals surface area contributed by atoms with Crippen molar-refractivity contribution in [3.8, 4) is 11.5 Å². The van der Waals surface area contributed by atoms with Crippen molar-refractivity contribution < 1.29 is 19.6 Å². The molecule has 0 bridgehead atoms. The molecule has 1 amide bonds. The molecular weight excluding hydrogens is 330 g/mol. The quantitative estimate of drug-likeness (QED) is 0.324. The van der Waals surface area contributed by atoms with Crippen molar-refractivity contribution >= 4 is 17.8 Å². The number of nitro benzene ring substituents is 1. The van der Waals surface area contributed by atoms with Crippen molar-refractivity contribution in [1.82, 2.24) is 16.1 Å². The molecule has 2 atom stereocenters. The minimum atomic E-state index is -0.592. The maximum atomic E-state index is 11.7. The van der Waals surface area contributed by atoms with Gasteiger partial charge < -0.3 is 15.2 Å². The highest BCUT2D eigenvalue weighted by Gasteiger charge is 2.24. The Hall–Kier alpha value is -2.88. The fourth-order valence-electron chi connectivity index (χ4n) is 2.54. The van der Waals surface area contributed by atoms with Gasteiger partial charge in [-0.05, 0) is 6.42 Å². The van der Waals surface area contributed by atoms with E-state index >= 15 is 0 Å². The van der Waals surface area contributed by atoms with Gasteiger partial charge in [0.25, 0.3) is 5.69 Å². The molecular formula is C15H21N5O5. The second-order valence-corrected chi connectivity index (χ2v) is 5.59. The van der Waals surface area contributed by atoms with Crippen LogP contribution >= 0.6 is 0 Å². The van der Waals surface area contributed by atoms with Crippen molar-refractivity contribution in [1.29, 1.82) is 0 Å². The predicted octanol–water partition coefficient (Wildman–Crippen LogP) is 0.794. The number of hydrazone groups is 1. The third kappa shape index (κ3) is 4.80. The van der Waals surface area contributed by atoms with Gasteiger partial charge in [-0.1, -0.05) is 13.3 Å². The number of aromatic hydroxyl groups is 1. The number of ether oxygens (including phenoxy) is 1. The van der Waals surface area contributed by atoms with E-state index in [1.165, 1.54) is 19.4 Å². The number of nitro groups is 1. The summed E-state index contributed by atoms with van der Waals surface area (Å²) in [6, 6.07) is 2.35. The molecule has 0 radical (unpaired) electrons. The Morgan fingerprint density at radius 2 is 2.32 bits per heavy atom. The normalized spacial score (nSPS) is 20.3. The highest BCUT2D eigenvalue weighted by molar-refractivity contribution is 5.86. The maximum Gasteiger partial charge on any atom is 0.274 e. The summed E-state index contributed by atoms with van der Waals surface area (Å²) in [6.45, 7) is 2.03. The summed E-state index contributed by atoms with van der Waals surface area (Å²) >= 11 is 0. The first-order valence-electron chi connectivity index (χ1n) is 7.84. The number of methoxy groups -OCH3 is 1. The number of amides is 1. The van der Waals surface area contributed by atoms with E-state index in [1.807, 2.05) is 6.92 Å². The second-order valence-electron chi connectivity index (χ2n) is 5.59. The molecule has 1 heterocycles. The van der Waals surface area contributed by atoms with E-state index in [0.29, 0.717) is 6.42 Å². The third-order valence-electron chi connectivity index (χ3n) is 3.70. The van der Waals surface area contributed by atoms with E-state index in [0.717, 1.165) is 18.9 Å². The zero-order valence-electron chi connectivity index (χ0n) is 14.0. The Balaban J connectivity index is 2.09. The molecule has 0 aliphatic carbocycles. The van der Waals surface area contributed by atoms with Crippen LogP contribution in [0.2, 0.25) is 0 Å². The minimum absolute atomic E-state index is 0.0252. The summed E-state index contributed by atoms with van der Waals surface area (Å²) in [4.78, 5) is 22.0. The molecule has 1 aliphatic heterocycles. The van der Waals surface area contributed by atoms with Gasteiger partial charge >= 0.3 is 0 Å². The van der Waals surface area contributed by atoms with Gasteiger partial charge in [-0.15, -0.1) is 0 Å². The second kappa shape index (κ2) is 8.29. The SMILES string of the molecule is CCCC1CC(=O)NC(N/N=C/c2cc([N+](=O)[O-])cc(OC)c2O)N1. The van der Waals surface area contributed by atoms with Crippen LogP contribution in [0.15, 0.2) is 17.2 Å². The van der Waals surface area contributed by atoms with Crippen LogP contribution in [0.5, 0.6) is 11.5 Å². The molecule has 25 heavy (non-hydrogen) atoms. The van der Waals surface area contributed by atoms with Gasteiger partial charge in [-0.2, -0.15) is 5.10 Å². The molecule has 2 unspecified atom stereocenters. The first-order valence-corrected chi connectivity index (χ1v) is 7.84. The van der Waals surface area contributed by atoms with Crippen molar-refractivity contribution in [2.24, 2.45) is 5.10 Å². The predicted molar refractivity (Wildman–Crippen MR) is 90.4 cm³/mol. The summed E-state index contributed by atoms with van der Waals surface area (Å²) in [5, 5.41) is 30.8. The fourth-order valence-corrected chi connectivity index (χ4v) is 2.54. The average molecular weight is 351 g/mol. The first kappa shape index (κ1) is 18.5. The smallest absolute Gasteiger partial charge is 0.274 e. The van der Waals surface area contributed by atoms with E-state index in [4.69, 9.17) is 4.74 Å². The maximum absolute atomic E-state index is 11.7. The molecule has 1 aliphatic rings. The summed E-state index contributed by atoms with van der Waals surface area (Å²) in [6.07, 6.45) is 2.87. The number of phenols is 1. The minimum Gasteiger partial charge on any atom is -0.504 e. The van der Waals surface area contributed by atoms with Crippen LogP contribution in [0.4, 0.5) is 5.69 Å². The van der Waals surface area contributed by atoms with Crippen molar-refractivity contribution in [3.05, 3.63) is 27.8 Å². The molecule has 10 nitrogen and oxygen atoms in total. The third-order valence-corrected chi connectivity index (χ3v) is 3.70. The number of non-ortho nitro benzene ring substituents is 1. The molecule has 2 rings (SSSR count). The van der Waals surface area contributed by atoms with Crippen LogP contribution in [-0.4, -0.2) is 41.6 Å². The van der Waals surface area contributed by atoms with Gasteiger partial charge in [-0.25, -0.2) is 0 Å². The first-order chi connectivity index (χ1) is 11.9. The number of phenolic OH excluding ortho intramolecular Hbond substituents is 1. The van der Waals surface area contributed by atoms with Crippen molar-refractivity contribution in [2.45, 2.75) is 38.5 Å². The Bertz CT molecular complexity index is 679.